The van der Waals surface area contributed by atoms with Gasteiger partial charge < -0.3 is 15.8 Å². The fraction of sp³-hybridized carbons (Fsp3) is 0.267. The maximum Gasteiger partial charge on any atom is 0.263 e. The minimum atomic E-state index is -4.02. The molecule has 0 bridgehead atoms. The van der Waals surface area contributed by atoms with Crippen LogP contribution in [-0.4, -0.2) is 30.5 Å². The molecule has 1 aliphatic rings. The zero-order valence-corrected chi connectivity index (χ0v) is 24.1. The maximum absolute atomic E-state index is 15.2. The minimum absolute atomic E-state index is 0.0338. The Labute approximate surface area is 244 Å². The molecule has 0 aliphatic heterocycles. The highest BCUT2D eigenvalue weighted by Crippen LogP contribution is 2.36. The normalized spacial score (nSPS) is 17.2. The summed E-state index contributed by atoms with van der Waals surface area (Å²) < 4.78 is 49.1. The maximum atomic E-state index is 15.2. The highest BCUT2D eigenvalue weighted by molar-refractivity contribution is 7.92. The molecule has 3 aromatic carbocycles. The van der Waals surface area contributed by atoms with Gasteiger partial charge in [0.2, 0.25) is 5.95 Å². The summed E-state index contributed by atoms with van der Waals surface area (Å²) >= 11 is 6.04. The van der Waals surface area contributed by atoms with E-state index in [9.17, 15) is 8.42 Å². The van der Waals surface area contributed by atoms with Gasteiger partial charge in [0.25, 0.3) is 10.0 Å². The van der Waals surface area contributed by atoms with Crippen LogP contribution in [0.4, 0.5) is 16.0 Å². The summed E-state index contributed by atoms with van der Waals surface area (Å²) in [5.74, 6) is 0.105. The lowest BCUT2D eigenvalue weighted by Gasteiger charge is -2.26. The van der Waals surface area contributed by atoms with E-state index < -0.39 is 15.8 Å². The van der Waals surface area contributed by atoms with Crippen molar-refractivity contribution in [2.45, 2.75) is 56.0 Å². The number of anilines is 2. The van der Waals surface area contributed by atoms with Crippen LogP contribution in [0.25, 0.3) is 11.3 Å². The monoisotopic (exact) mass is 595 g/mol. The van der Waals surface area contributed by atoms with E-state index in [0.29, 0.717) is 23.0 Å². The molecular formula is C30H31ClFN5O3S. The van der Waals surface area contributed by atoms with Gasteiger partial charge in [-0.2, -0.15) is 0 Å². The van der Waals surface area contributed by atoms with Gasteiger partial charge in [0.1, 0.15) is 10.6 Å². The Morgan fingerprint density at radius 2 is 1.78 bits per heavy atom. The van der Waals surface area contributed by atoms with Gasteiger partial charge in [-0.15, -0.1) is 0 Å². The van der Waals surface area contributed by atoms with Crippen LogP contribution in [0.2, 0.25) is 5.02 Å². The molecule has 5 rings (SSSR count). The van der Waals surface area contributed by atoms with Gasteiger partial charge in [0.05, 0.1) is 16.4 Å². The molecule has 4 aromatic rings. The van der Waals surface area contributed by atoms with Crippen molar-refractivity contribution in [2.75, 3.05) is 10.0 Å². The van der Waals surface area contributed by atoms with Crippen molar-refractivity contribution in [3.8, 4) is 22.8 Å². The van der Waals surface area contributed by atoms with E-state index in [-0.39, 0.29) is 33.4 Å². The lowest BCUT2D eigenvalue weighted by atomic mass is 9.92. The number of aryl methyl sites for hydroxylation is 1. The Morgan fingerprint density at radius 1 is 1.02 bits per heavy atom. The topological polar surface area (TPSA) is 119 Å². The largest absolute Gasteiger partial charge is 0.454 e. The molecule has 0 atom stereocenters. The molecular weight excluding hydrogens is 565 g/mol. The molecule has 0 unspecified atom stereocenters. The Balaban J connectivity index is 1.38. The Bertz CT molecular complexity index is 1650. The number of rotatable bonds is 9. The Hall–Kier alpha value is -3.73. The highest BCUT2D eigenvalue weighted by Gasteiger charge is 2.21. The van der Waals surface area contributed by atoms with Gasteiger partial charge in [-0.1, -0.05) is 36.7 Å². The first-order valence-corrected chi connectivity index (χ1v) is 15.3. The standard InChI is InChI=1S/C30H31ClFN5O3S/c1-2-19-7-13-27(23(17-19)26-15-16-34-30(36-26)35-21-10-8-20(33)9-11-21)40-28-14-12-22(18-25(28)32)37-41(38,39)29-6-4-3-5-24(29)31/h3-7,12-18,20-21,37H,2,8-11,33H2,1H3,(H,34,35,36). The van der Waals surface area contributed by atoms with Crippen LogP contribution >= 0.6 is 11.6 Å². The smallest absolute Gasteiger partial charge is 0.263 e. The van der Waals surface area contributed by atoms with Crippen molar-refractivity contribution in [2.24, 2.45) is 5.73 Å². The number of hydrogen-bond donors (Lipinski definition) is 3. The van der Waals surface area contributed by atoms with Gasteiger partial charge >= 0.3 is 0 Å². The molecule has 8 nitrogen and oxygen atoms in total. The molecule has 0 spiro atoms. The summed E-state index contributed by atoms with van der Waals surface area (Å²) in [6.07, 6.45) is 6.30. The van der Waals surface area contributed by atoms with E-state index in [1.54, 1.807) is 30.5 Å². The van der Waals surface area contributed by atoms with Crippen molar-refractivity contribution in [1.29, 1.82) is 0 Å². The zero-order chi connectivity index (χ0) is 29.0. The molecule has 1 heterocycles. The quantitative estimate of drug-likeness (QED) is 0.195. The lowest BCUT2D eigenvalue weighted by molar-refractivity contribution is 0.410. The number of nitrogens with zero attached hydrogens (tertiary/aromatic N) is 2. The fourth-order valence-electron chi connectivity index (χ4n) is 4.75. The van der Waals surface area contributed by atoms with Crippen LogP contribution in [-0.2, 0) is 16.4 Å². The number of aromatic nitrogens is 2. The third-order valence-electron chi connectivity index (χ3n) is 7.02. The fourth-order valence-corrected chi connectivity index (χ4v) is 6.32. The number of nitrogens with two attached hydrogens (primary N) is 1. The van der Waals surface area contributed by atoms with Crippen molar-refractivity contribution >= 4 is 33.3 Å². The lowest BCUT2D eigenvalue weighted by Crippen LogP contribution is -2.33. The number of ether oxygens (including phenoxy) is 1. The predicted molar refractivity (Wildman–Crippen MR) is 159 cm³/mol. The van der Waals surface area contributed by atoms with Crippen molar-refractivity contribution in [3.63, 3.8) is 0 Å². The highest BCUT2D eigenvalue weighted by atomic mass is 35.5. The second-order valence-corrected chi connectivity index (χ2v) is 12.0. The van der Waals surface area contributed by atoms with Gasteiger partial charge in [0.15, 0.2) is 11.6 Å². The summed E-state index contributed by atoms with van der Waals surface area (Å²) in [7, 11) is -4.02. The average molecular weight is 596 g/mol. The van der Waals surface area contributed by atoms with Crippen LogP contribution in [0.15, 0.2) is 77.8 Å². The van der Waals surface area contributed by atoms with Crippen molar-refractivity contribution in [3.05, 3.63) is 89.3 Å². The third-order valence-corrected chi connectivity index (χ3v) is 8.90. The molecule has 0 radical (unpaired) electrons. The molecule has 1 aliphatic carbocycles. The van der Waals surface area contributed by atoms with Gasteiger partial charge in [0, 0.05) is 29.9 Å². The van der Waals surface area contributed by atoms with E-state index in [1.807, 2.05) is 19.1 Å². The second kappa shape index (κ2) is 12.4. The summed E-state index contributed by atoms with van der Waals surface area (Å²) in [4.78, 5) is 9.02. The number of benzene rings is 3. The average Bonchev–Trinajstić information content (AvgIpc) is 2.96. The summed E-state index contributed by atoms with van der Waals surface area (Å²) in [6, 6.07) is 17.8. The number of hydrogen-bond acceptors (Lipinski definition) is 7. The second-order valence-electron chi connectivity index (χ2n) is 9.99. The first-order chi connectivity index (χ1) is 19.7. The molecule has 41 heavy (non-hydrogen) atoms. The Kier molecular flexibility index (Phi) is 8.72. The molecule has 1 saturated carbocycles. The molecule has 0 amide bonds. The molecule has 1 aromatic heterocycles. The van der Waals surface area contributed by atoms with Crippen molar-refractivity contribution < 1.29 is 17.5 Å². The van der Waals surface area contributed by atoms with Crippen LogP contribution in [0.5, 0.6) is 11.5 Å². The molecule has 4 N–H and O–H groups in total. The zero-order valence-electron chi connectivity index (χ0n) is 22.5. The summed E-state index contributed by atoms with van der Waals surface area (Å²) in [6.45, 7) is 2.04. The van der Waals surface area contributed by atoms with Gasteiger partial charge in [-0.05, 0) is 80.1 Å². The van der Waals surface area contributed by atoms with E-state index in [4.69, 9.17) is 27.1 Å². The van der Waals surface area contributed by atoms with Crippen LogP contribution < -0.4 is 20.5 Å². The molecule has 1 fully saturated rings. The van der Waals surface area contributed by atoms with E-state index in [1.165, 1.54) is 24.3 Å². The minimum Gasteiger partial charge on any atom is -0.454 e. The Morgan fingerprint density at radius 3 is 2.51 bits per heavy atom. The molecule has 0 saturated heterocycles. The number of sulfonamides is 1. The first-order valence-electron chi connectivity index (χ1n) is 13.4. The van der Waals surface area contributed by atoms with E-state index in [0.717, 1.165) is 43.7 Å². The first kappa shape index (κ1) is 28.8. The van der Waals surface area contributed by atoms with Gasteiger partial charge in [-0.25, -0.2) is 22.8 Å². The molecule has 214 valence electrons. The molecule has 11 heteroatoms. The van der Waals surface area contributed by atoms with Gasteiger partial charge in [-0.3, -0.25) is 4.72 Å². The van der Waals surface area contributed by atoms with Crippen LogP contribution in [0.1, 0.15) is 38.2 Å². The summed E-state index contributed by atoms with van der Waals surface area (Å²) in [5.41, 5.74) is 8.45. The predicted octanol–water partition coefficient (Wildman–Crippen LogP) is 6.77. The SMILES string of the molecule is CCc1ccc(Oc2ccc(NS(=O)(=O)c3ccccc3Cl)cc2F)c(-c2ccnc(NC3CCC(N)CC3)n2)c1. The van der Waals surface area contributed by atoms with Crippen LogP contribution in [0.3, 0.4) is 0 Å². The van der Waals surface area contributed by atoms with E-state index in [2.05, 4.69) is 15.0 Å². The van der Waals surface area contributed by atoms with Crippen LogP contribution in [0, 0.1) is 5.82 Å². The van der Waals surface area contributed by atoms with Crippen molar-refractivity contribution in [1.82, 2.24) is 9.97 Å². The van der Waals surface area contributed by atoms with E-state index >= 15 is 4.39 Å². The third kappa shape index (κ3) is 6.95. The summed E-state index contributed by atoms with van der Waals surface area (Å²) in [5, 5.41) is 3.48. The number of halogens is 2. The number of nitrogens with one attached hydrogen (secondary N) is 2.